The molecule has 1 aliphatic rings. The number of nitrogens with two attached hydrogens (primary N) is 1. The number of aromatic nitrogens is 1. The van der Waals surface area contributed by atoms with Crippen molar-refractivity contribution in [2.24, 2.45) is 11.7 Å². The van der Waals surface area contributed by atoms with Gasteiger partial charge in [-0.2, -0.15) is 0 Å². The van der Waals surface area contributed by atoms with E-state index in [9.17, 15) is 0 Å². The number of rotatable bonds is 3. The van der Waals surface area contributed by atoms with Gasteiger partial charge in [0.05, 0.1) is 0 Å². The Bertz CT molecular complexity index is 347. The zero-order valence-electron chi connectivity index (χ0n) is 8.03. The SMILES string of the molecule is CC1CC1Nc1ccc(C(N)=S)cn1. The number of nitrogens with one attached hydrogen (secondary N) is 1. The molecule has 0 aliphatic heterocycles. The minimum Gasteiger partial charge on any atom is -0.389 e. The summed E-state index contributed by atoms with van der Waals surface area (Å²) in [5, 5.41) is 3.34. The number of nitrogens with zero attached hydrogens (tertiary/aromatic N) is 1. The van der Waals surface area contributed by atoms with Crippen LogP contribution in [0.4, 0.5) is 5.82 Å². The van der Waals surface area contributed by atoms with Crippen molar-refractivity contribution in [1.82, 2.24) is 4.98 Å². The minimum atomic E-state index is 0.392. The molecule has 1 aliphatic carbocycles. The van der Waals surface area contributed by atoms with E-state index in [-0.39, 0.29) is 0 Å². The van der Waals surface area contributed by atoms with Crippen molar-refractivity contribution in [2.75, 3.05) is 5.32 Å². The molecular formula is C10H13N3S. The fourth-order valence-electron chi connectivity index (χ4n) is 1.34. The first kappa shape index (κ1) is 9.40. The monoisotopic (exact) mass is 207 g/mol. The molecular weight excluding hydrogens is 194 g/mol. The first-order valence-electron chi connectivity index (χ1n) is 4.69. The molecule has 14 heavy (non-hydrogen) atoms. The molecule has 0 aromatic carbocycles. The topological polar surface area (TPSA) is 50.9 Å². The molecule has 1 saturated carbocycles. The summed E-state index contributed by atoms with van der Waals surface area (Å²) in [7, 11) is 0. The average Bonchev–Trinajstić information content (AvgIpc) is 2.82. The third kappa shape index (κ3) is 2.01. The summed E-state index contributed by atoms with van der Waals surface area (Å²) in [4.78, 5) is 4.63. The van der Waals surface area contributed by atoms with E-state index in [1.54, 1.807) is 6.20 Å². The maximum atomic E-state index is 5.47. The van der Waals surface area contributed by atoms with Crippen molar-refractivity contribution in [3.8, 4) is 0 Å². The highest BCUT2D eigenvalue weighted by Crippen LogP contribution is 2.31. The van der Waals surface area contributed by atoms with Crippen molar-refractivity contribution in [2.45, 2.75) is 19.4 Å². The quantitative estimate of drug-likeness (QED) is 0.738. The molecule has 0 saturated heterocycles. The Balaban J connectivity index is 2.02. The van der Waals surface area contributed by atoms with Crippen LogP contribution in [0.25, 0.3) is 0 Å². The van der Waals surface area contributed by atoms with Gasteiger partial charge in [-0.15, -0.1) is 0 Å². The Morgan fingerprint density at radius 2 is 2.36 bits per heavy atom. The lowest BCUT2D eigenvalue weighted by atomic mass is 10.3. The summed E-state index contributed by atoms with van der Waals surface area (Å²) < 4.78 is 0. The van der Waals surface area contributed by atoms with Crippen LogP contribution in [0.2, 0.25) is 0 Å². The molecule has 3 N–H and O–H groups in total. The van der Waals surface area contributed by atoms with Crippen molar-refractivity contribution in [3.05, 3.63) is 23.9 Å². The zero-order valence-corrected chi connectivity index (χ0v) is 8.84. The standard InChI is InChI=1S/C10H13N3S/c1-6-4-8(6)13-9-3-2-7(5-12-9)10(11)14/h2-3,5-6,8H,4H2,1H3,(H2,11,14)(H,12,13). The third-order valence-electron chi connectivity index (χ3n) is 2.49. The third-order valence-corrected chi connectivity index (χ3v) is 2.73. The second-order valence-electron chi connectivity index (χ2n) is 3.76. The molecule has 74 valence electrons. The maximum Gasteiger partial charge on any atom is 0.126 e. The van der Waals surface area contributed by atoms with Crippen molar-refractivity contribution in [1.29, 1.82) is 0 Å². The van der Waals surface area contributed by atoms with Gasteiger partial charge in [0.1, 0.15) is 10.8 Å². The summed E-state index contributed by atoms with van der Waals surface area (Å²) in [6.45, 7) is 2.22. The van der Waals surface area contributed by atoms with Crippen LogP contribution in [-0.2, 0) is 0 Å². The second kappa shape index (κ2) is 3.53. The van der Waals surface area contributed by atoms with Crippen LogP contribution in [0.1, 0.15) is 18.9 Å². The largest absolute Gasteiger partial charge is 0.389 e. The Hall–Kier alpha value is -1.16. The normalized spacial score (nSPS) is 24.4. The summed E-state index contributed by atoms with van der Waals surface area (Å²) in [5.41, 5.74) is 6.28. The molecule has 0 spiro atoms. The molecule has 2 rings (SSSR count). The van der Waals surface area contributed by atoms with Crippen LogP contribution in [-0.4, -0.2) is 16.0 Å². The van der Waals surface area contributed by atoms with Crippen molar-refractivity contribution < 1.29 is 0 Å². The molecule has 1 heterocycles. The molecule has 2 atom stereocenters. The smallest absolute Gasteiger partial charge is 0.126 e. The predicted octanol–water partition coefficient (Wildman–Crippen LogP) is 1.54. The van der Waals surface area contributed by atoms with Crippen LogP contribution in [0.3, 0.4) is 0 Å². The van der Waals surface area contributed by atoms with Crippen LogP contribution in [0, 0.1) is 5.92 Å². The fraction of sp³-hybridized carbons (Fsp3) is 0.400. The lowest BCUT2D eigenvalue weighted by Crippen LogP contribution is -2.11. The van der Waals surface area contributed by atoms with Gasteiger partial charge in [-0.1, -0.05) is 19.1 Å². The Labute approximate surface area is 88.7 Å². The van der Waals surface area contributed by atoms with Crippen LogP contribution in [0.5, 0.6) is 0 Å². The molecule has 0 amide bonds. The van der Waals surface area contributed by atoms with Gasteiger partial charge < -0.3 is 11.1 Å². The molecule has 0 radical (unpaired) electrons. The van der Waals surface area contributed by atoms with E-state index in [2.05, 4.69) is 17.2 Å². The van der Waals surface area contributed by atoms with E-state index in [1.807, 2.05) is 12.1 Å². The van der Waals surface area contributed by atoms with Gasteiger partial charge >= 0.3 is 0 Å². The van der Waals surface area contributed by atoms with E-state index < -0.39 is 0 Å². The molecule has 1 aromatic rings. The summed E-state index contributed by atoms with van der Waals surface area (Å²) in [6, 6.07) is 4.41. The number of hydrogen-bond donors (Lipinski definition) is 2. The lowest BCUT2D eigenvalue weighted by molar-refractivity contribution is 0.923. The van der Waals surface area contributed by atoms with Gasteiger partial charge in [0, 0.05) is 17.8 Å². The zero-order chi connectivity index (χ0) is 10.1. The first-order chi connectivity index (χ1) is 6.66. The van der Waals surface area contributed by atoms with E-state index in [0.717, 1.165) is 17.3 Å². The number of pyridine rings is 1. The Morgan fingerprint density at radius 1 is 1.64 bits per heavy atom. The first-order valence-corrected chi connectivity index (χ1v) is 5.10. The predicted molar refractivity (Wildman–Crippen MR) is 61.3 cm³/mol. The van der Waals surface area contributed by atoms with Gasteiger partial charge in [-0.3, -0.25) is 0 Å². The van der Waals surface area contributed by atoms with Gasteiger partial charge in [-0.25, -0.2) is 4.98 Å². The van der Waals surface area contributed by atoms with Crippen LogP contribution in [0.15, 0.2) is 18.3 Å². The van der Waals surface area contributed by atoms with E-state index >= 15 is 0 Å². The molecule has 1 aromatic heterocycles. The lowest BCUT2D eigenvalue weighted by Gasteiger charge is -2.04. The van der Waals surface area contributed by atoms with Gasteiger partial charge in [0.2, 0.25) is 0 Å². The fourth-order valence-corrected chi connectivity index (χ4v) is 1.46. The highest BCUT2D eigenvalue weighted by atomic mass is 32.1. The molecule has 2 unspecified atom stereocenters. The highest BCUT2D eigenvalue weighted by molar-refractivity contribution is 7.80. The second-order valence-corrected chi connectivity index (χ2v) is 4.20. The van der Waals surface area contributed by atoms with Crippen LogP contribution >= 0.6 is 12.2 Å². The summed E-state index contributed by atoms with van der Waals surface area (Å²) in [6.07, 6.45) is 2.94. The minimum absolute atomic E-state index is 0.392. The molecule has 1 fully saturated rings. The van der Waals surface area contributed by atoms with Gasteiger partial charge in [-0.05, 0) is 24.5 Å². The number of hydrogen-bond acceptors (Lipinski definition) is 3. The van der Waals surface area contributed by atoms with Crippen molar-refractivity contribution in [3.63, 3.8) is 0 Å². The summed E-state index contributed by atoms with van der Waals surface area (Å²) in [5.74, 6) is 1.67. The van der Waals surface area contributed by atoms with E-state index in [4.69, 9.17) is 18.0 Å². The summed E-state index contributed by atoms with van der Waals surface area (Å²) >= 11 is 4.84. The molecule has 3 nitrogen and oxygen atoms in total. The van der Waals surface area contributed by atoms with Crippen molar-refractivity contribution >= 4 is 23.0 Å². The average molecular weight is 207 g/mol. The van der Waals surface area contributed by atoms with Gasteiger partial charge in [0.15, 0.2) is 0 Å². The maximum absolute atomic E-state index is 5.47. The number of anilines is 1. The van der Waals surface area contributed by atoms with Gasteiger partial charge in [0.25, 0.3) is 0 Å². The van der Waals surface area contributed by atoms with Crippen LogP contribution < -0.4 is 11.1 Å². The number of thiocarbonyl (C=S) groups is 1. The molecule has 4 heteroatoms. The van der Waals surface area contributed by atoms with E-state index in [0.29, 0.717) is 11.0 Å². The Kier molecular flexibility index (Phi) is 2.37. The molecule has 0 bridgehead atoms. The Morgan fingerprint density at radius 3 is 2.79 bits per heavy atom. The van der Waals surface area contributed by atoms with E-state index in [1.165, 1.54) is 6.42 Å². The highest BCUT2D eigenvalue weighted by Gasteiger charge is 2.32.